The quantitative estimate of drug-likeness (QED) is 0.0955. The van der Waals surface area contributed by atoms with Crippen LogP contribution in [0.15, 0.2) is 66.2 Å². The number of methoxy groups -OCH3 is 1. The molecule has 8 rings (SSSR count). The van der Waals surface area contributed by atoms with E-state index in [9.17, 15) is 30.0 Å². The van der Waals surface area contributed by atoms with Crippen molar-refractivity contribution in [2.45, 2.75) is 167 Å². The van der Waals surface area contributed by atoms with Gasteiger partial charge in [0.2, 0.25) is 0 Å². The highest BCUT2D eigenvalue weighted by Crippen LogP contribution is 2.68. The number of carbonyl (C=O) groups excluding carboxylic acids is 2. The first kappa shape index (κ1) is 51.9. The van der Waals surface area contributed by atoms with Gasteiger partial charge in [-0.1, -0.05) is 82.5 Å². The third-order valence-electron chi connectivity index (χ3n) is 17.4. The molecule has 0 radical (unpaired) electrons. The maximum atomic E-state index is 13.4. The molecule has 2 aromatic carbocycles. The fraction of sp³-hybridized carbons (Fsp3) is 0.709. The van der Waals surface area contributed by atoms with E-state index in [1.807, 2.05) is 0 Å². The number of allylic oxidation sites excluding steroid dienone is 1. The molecule has 0 spiro atoms. The van der Waals surface area contributed by atoms with Crippen LogP contribution in [0.2, 0.25) is 0 Å². The Balaban J connectivity index is 1.02. The average molecular weight is 962 g/mol. The molecule has 0 aromatic heterocycles. The molecule has 6 aliphatic rings. The number of nitrogens with zero attached hydrogens (tertiary/aromatic N) is 1. The maximum Gasteiger partial charge on any atom is 0.338 e. The molecule has 2 aliphatic heterocycles. The Morgan fingerprint density at radius 3 is 2.26 bits per heavy atom. The Hall–Kier alpha value is -3.44. The molecule has 2 heterocycles. The van der Waals surface area contributed by atoms with Crippen LogP contribution in [0.3, 0.4) is 0 Å². The predicted octanol–water partition coefficient (Wildman–Crippen LogP) is 6.84. The smallest absolute Gasteiger partial charge is 0.338 e. The van der Waals surface area contributed by atoms with Crippen molar-refractivity contribution in [3.05, 3.63) is 77.4 Å². The van der Waals surface area contributed by atoms with Gasteiger partial charge < -0.3 is 58.5 Å². The minimum atomic E-state index is -1.60. The monoisotopic (exact) mass is 962 g/mol. The molecule has 14 heteroatoms. The molecule has 69 heavy (non-hydrogen) atoms. The summed E-state index contributed by atoms with van der Waals surface area (Å²) in [7, 11) is 3.70. The van der Waals surface area contributed by atoms with E-state index < -0.39 is 61.1 Å². The molecule has 4 aliphatic carbocycles. The van der Waals surface area contributed by atoms with Gasteiger partial charge in [-0.3, -0.25) is 4.79 Å². The normalized spacial score (nSPS) is 38.5. The van der Waals surface area contributed by atoms with Crippen LogP contribution in [0.4, 0.5) is 0 Å². The lowest BCUT2D eigenvalue weighted by molar-refractivity contribution is -0.340. The average Bonchev–Trinajstić information content (AvgIpc) is 3.62. The van der Waals surface area contributed by atoms with Gasteiger partial charge >= 0.3 is 11.9 Å². The fourth-order valence-corrected chi connectivity index (χ4v) is 14.0. The third-order valence-corrected chi connectivity index (χ3v) is 17.4. The van der Waals surface area contributed by atoms with E-state index in [-0.39, 0.29) is 47.7 Å². The van der Waals surface area contributed by atoms with E-state index in [0.717, 1.165) is 77.3 Å². The molecule has 5 fully saturated rings. The summed E-state index contributed by atoms with van der Waals surface area (Å²) in [6.07, 6.45) is 0.681. The van der Waals surface area contributed by atoms with E-state index in [2.05, 4.69) is 76.1 Å². The molecule has 0 amide bonds. The summed E-state index contributed by atoms with van der Waals surface area (Å²) in [6, 6.07) is 16.8. The Morgan fingerprint density at radius 2 is 1.55 bits per heavy atom. The first-order valence-electron chi connectivity index (χ1n) is 25.7. The van der Waals surface area contributed by atoms with Gasteiger partial charge in [0.25, 0.3) is 0 Å². The van der Waals surface area contributed by atoms with Crippen molar-refractivity contribution < 1.29 is 63.2 Å². The zero-order valence-electron chi connectivity index (χ0n) is 41.8. The largest absolute Gasteiger partial charge is 0.497 e. The molecule has 4 N–H and O–H groups in total. The summed E-state index contributed by atoms with van der Waals surface area (Å²) >= 11 is 0. The summed E-state index contributed by atoms with van der Waals surface area (Å²) < 4.78 is 42.7. The molecule has 14 nitrogen and oxygen atoms in total. The Morgan fingerprint density at radius 1 is 0.841 bits per heavy atom. The van der Waals surface area contributed by atoms with Crippen molar-refractivity contribution in [3.8, 4) is 5.75 Å². The second-order valence-electron chi connectivity index (χ2n) is 22.1. The van der Waals surface area contributed by atoms with Crippen LogP contribution in [0, 0.1) is 46.3 Å². The lowest BCUT2D eigenvalue weighted by atomic mass is 9.47. The van der Waals surface area contributed by atoms with Crippen molar-refractivity contribution in [2.75, 3.05) is 33.9 Å². The highest BCUT2D eigenvalue weighted by atomic mass is 16.7. The van der Waals surface area contributed by atoms with Gasteiger partial charge in [0.1, 0.15) is 30.2 Å². The molecule has 0 bridgehead atoms. The predicted molar refractivity (Wildman–Crippen MR) is 257 cm³/mol. The molecule has 2 unspecified atom stereocenters. The van der Waals surface area contributed by atoms with Gasteiger partial charge in [0.05, 0.1) is 38.1 Å². The Kier molecular flexibility index (Phi) is 16.6. The van der Waals surface area contributed by atoms with Crippen molar-refractivity contribution in [1.82, 2.24) is 4.90 Å². The third kappa shape index (κ3) is 11.3. The molecular formula is C55H79NO13. The van der Waals surface area contributed by atoms with E-state index >= 15 is 0 Å². The topological polar surface area (TPSA) is 183 Å². The van der Waals surface area contributed by atoms with Crippen LogP contribution in [-0.4, -0.2) is 133 Å². The molecule has 18 atom stereocenters. The van der Waals surface area contributed by atoms with E-state index in [1.165, 1.54) is 37.3 Å². The molecular weight excluding hydrogens is 883 g/mol. The minimum absolute atomic E-state index is 0.0441. The lowest BCUT2D eigenvalue weighted by Crippen LogP contribution is -2.62. The number of hydrogen-bond acceptors (Lipinski definition) is 14. The number of benzene rings is 2. The van der Waals surface area contributed by atoms with E-state index in [0.29, 0.717) is 35.3 Å². The first-order chi connectivity index (χ1) is 33.0. The molecule has 2 saturated heterocycles. The van der Waals surface area contributed by atoms with Gasteiger partial charge in [-0.15, -0.1) is 0 Å². The summed E-state index contributed by atoms with van der Waals surface area (Å²) in [5, 5.41) is 44.1. The van der Waals surface area contributed by atoms with Crippen LogP contribution in [-0.2, 0) is 39.8 Å². The summed E-state index contributed by atoms with van der Waals surface area (Å²) in [5.41, 5.74) is 2.92. The van der Waals surface area contributed by atoms with Crippen LogP contribution < -0.4 is 4.74 Å². The highest BCUT2D eigenvalue weighted by molar-refractivity contribution is 5.89. The number of ether oxygens (including phenoxy) is 7. The van der Waals surface area contributed by atoms with Crippen molar-refractivity contribution >= 4 is 11.9 Å². The molecule has 382 valence electrons. The zero-order valence-corrected chi connectivity index (χ0v) is 41.8. The number of aliphatic hydroxyl groups is 4. The second-order valence-corrected chi connectivity index (χ2v) is 22.1. The van der Waals surface area contributed by atoms with E-state index in [1.54, 1.807) is 12.1 Å². The molecule has 2 aromatic rings. The zero-order chi connectivity index (χ0) is 49.2. The number of aliphatic hydroxyl groups excluding tert-OH is 4. The number of rotatable bonds is 17. The summed E-state index contributed by atoms with van der Waals surface area (Å²) in [6.45, 7) is 12.3. The second kappa shape index (κ2) is 22.1. The summed E-state index contributed by atoms with van der Waals surface area (Å²) in [5.74, 6) is 1.38. The standard InChI is InChI=1S/C55H79NO13/c1-32(28-56(6)29-35-14-9-8-10-15-35)12-11-13-33(2)46-45(27-42-40-21-18-37-26-38(58)22-24-54(37,4)41(40)23-25-55(42,46)5)67-53-50(66-34(3)57)48(44(60)31-65-53)69-52-49(47(61)43(59)30-64-52)68-51(62)36-16-19-39(63-7)20-17-36/h8-10,14-20,32-33,38,40-50,52-53,58-61H,11-13,21-31H2,1-7H3/t32-,33-,38+,40-,41+,42+,43-,44+,45+,46+,47?,48?,49-,50-,52+,53+,54+,55+/m1/s1. The SMILES string of the molecule is COc1ccc(C(=O)O[C@@H]2C(O)[C@H](O)CO[C@H]2OC2[C@@H](OC(C)=O)[C@H](O[C@H]3C[C@H]4[C@@H]5CC=C6C[C@@H](O)CC[C@]6(C)[C@H]5CC[C@]4(C)[C@H]3[C@H](C)CCC[C@@H](C)CN(C)Cc3ccccc3)OC[C@@H]2O)cc1. The van der Waals surface area contributed by atoms with Crippen molar-refractivity contribution in [3.63, 3.8) is 0 Å². The maximum absolute atomic E-state index is 13.4. The van der Waals surface area contributed by atoms with Crippen LogP contribution in [0.5, 0.6) is 5.75 Å². The number of carbonyl (C=O) groups is 2. The van der Waals surface area contributed by atoms with Gasteiger partial charge in [-0.05, 0) is 135 Å². The fourth-order valence-electron chi connectivity index (χ4n) is 14.0. The van der Waals surface area contributed by atoms with Crippen LogP contribution in [0.1, 0.15) is 115 Å². The van der Waals surface area contributed by atoms with Crippen LogP contribution >= 0.6 is 0 Å². The Bertz CT molecular complexity index is 2050. The number of hydrogen-bond donors (Lipinski definition) is 4. The summed E-state index contributed by atoms with van der Waals surface area (Å²) in [4.78, 5) is 28.8. The Labute approximate surface area is 409 Å². The minimum Gasteiger partial charge on any atom is -0.497 e. The van der Waals surface area contributed by atoms with Crippen molar-refractivity contribution in [2.24, 2.45) is 46.3 Å². The van der Waals surface area contributed by atoms with Gasteiger partial charge in [0.15, 0.2) is 24.8 Å². The van der Waals surface area contributed by atoms with Gasteiger partial charge in [-0.25, -0.2) is 4.79 Å². The van der Waals surface area contributed by atoms with Crippen LogP contribution in [0.25, 0.3) is 0 Å². The number of esters is 2. The first-order valence-corrected chi connectivity index (χ1v) is 25.7. The van der Waals surface area contributed by atoms with Crippen molar-refractivity contribution in [1.29, 1.82) is 0 Å². The number of fused-ring (bicyclic) bond motifs is 5. The van der Waals surface area contributed by atoms with Gasteiger partial charge in [-0.2, -0.15) is 0 Å². The molecule has 3 saturated carbocycles. The van der Waals surface area contributed by atoms with E-state index in [4.69, 9.17) is 33.2 Å². The lowest BCUT2D eigenvalue weighted by Gasteiger charge is -2.58. The van der Waals surface area contributed by atoms with Gasteiger partial charge in [0, 0.05) is 20.0 Å². The highest BCUT2D eigenvalue weighted by Gasteiger charge is 2.63.